The minimum atomic E-state index is -1.18. The summed E-state index contributed by atoms with van der Waals surface area (Å²) in [5, 5.41) is 1.49. The first-order valence-electron chi connectivity index (χ1n) is 16.1. The number of hydrogen-bond acceptors (Lipinski definition) is 13. The van der Waals surface area contributed by atoms with Crippen molar-refractivity contribution in [3.8, 4) is 16.9 Å². The standard InChI is InChI=1S/C37H38N2O11/c1-10-45-33(42)20-13-15-25-26(27(20)34(43)50-37(7,8)9)23-17-22-21-16-19(32(41)47-18(3)31(40)49-36(4,5)6)12-14-24(21)38-28(22)30(29(23)39-25)48-35(44)46-11-2/h12-18H,10-11H2,1-9H3. The molecule has 3 aromatic carbocycles. The SMILES string of the molecule is CCOC(=O)Oc1c2c(cc3c1=Nc1ccc(C(=O)OCC)c(C(=O)OC(C)(C)C)c1-3)=c1cc(C(=O)OC(C)C(=O)OC(C)(C)C)ccc1=N2. The minimum absolute atomic E-state index is 0.0314. The average Bonchev–Trinajstić information content (AvgIpc) is 3.57. The number of fused-ring (bicyclic) bond motifs is 5. The van der Waals surface area contributed by atoms with E-state index in [1.807, 2.05) is 0 Å². The van der Waals surface area contributed by atoms with Crippen molar-refractivity contribution in [1.82, 2.24) is 0 Å². The molecule has 0 spiro atoms. The summed E-state index contributed by atoms with van der Waals surface area (Å²) in [5.41, 5.74) is -0.573. The Labute approximate surface area is 287 Å². The van der Waals surface area contributed by atoms with E-state index in [-0.39, 0.29) is 52.3 Å². The molecule has 0 N–H and O–H groups in total. The molecule has 3 aromatic rings. The Hall–Kier alpha value is -5.59. The Morgan fingerprint density at radius 1 is 0.760 bits per heavy atom. The summed E-state index contributed by atoms with van der Waals surface area (Å²) < 4.78 is 32.5. The molecule has 0 bridgehead atoms. The zero-order valence-electron chi connectivity index (χ0n) is 29.3. The number of benzene rings is 3. The zero-order chi connectivity index (χ0) is 36.7. The predicted octanol–water partition coefficient (Wildman–Crippen LogP) is 5.72. The second-order valence-electron chi connectivity index (χ2n) is 13.4. The molecule has 13 heteroatoms. The van der Waals surface area contributed by atoms with Crippen molar-refractivity contribution < 1.29 is 52.4 Å². The van der Waals surface area contributed by atoms with E-state index in [0.29, 0.717) is 27.0 Å². The predicted molar refractivity (Wildman–Crippen MR) is 177 cm³/mol. The first-order valence-corrected chi connectivity index (χ1v) is 16.1. The summed E-state index contributed by atoms with van der Waals surface area (Å²) in [6.45, 7) is 15.0. The number of carbonyl (C=O) groups excluding carboxylic acids is 5. The monoisotopic (exact) mass is 686 g/mol. The van der Waals surface area contributed by atoms with E-state index in [1.54, 1.807) is 73.6 Å². The van der Waals surface area contributed by atoms with E-state index in [9.17, 15) is 24.0 Å². The van der Waals surface area contributed by atoms with Crippen LogP contribution >= 0.6 is 0 Å². The van der Waals surface area contributed by atoms with E-state index in [2.05, 4.69) is 4.99 Å². The van der Waals surface area contributed by atoms with Crippen LogP contribution < -0.4 is 15.5 Å². The lowest BCUT2D eigenvalue weighted by Gasteiger charge is -2.22. The van der Waals surface area contributed by atoms with E-state index < -0.39 is 47.3 Å². The van der Waals surface area contributed by atoms with Crippen LogP contribution in [0.1, 0.15) is 93.4 Å². The maximum absolute atomic E-state index is 13.8. The van der Waals surface area contributed by atoms with E-state index in [4.69, 9.17) is 33.4 Å². The maximum Gasteiger partial charge on any atom is 0.513 e. The van der Waals surface area contributed by atoms with Crippen LogP contribution in [-0.2, 0) is 28.5 Å². The summed E-state index contributed by atoms with van der Waals surface area (Å²) in [6, 6.07) is 9.28. The van der Waals surface area contributed by atoms with Gasteiger partial charge in [-0.2, -0.15) is 0 Å². The quantitative estimate of drug-likeness (QED) is 0.111. The Kier molecular flexibility index (Phi) is 9.55. The van der Waals surface area contributed by atoms with Gasteiger partial charge in [-0.1, -0.05) is 0 Å². The fourth-order valence-electron chi connectivity index (χ4n) is 5.34. The highest BCUT2D eigenvalue weighted by Crippen LogP contribution is 2.43. The van der Waals surface area contributed by atoms with Crippen molar-refractivity contribution in [1.29, 1.82) is 0 Å². The normalized spacial score (nSPS) is 12.9. The largest absolute Gasteiger partial charge is 0.513 e. The van der Waals surface area contributed by atoms with Gasteiger partial charge in [-0.3, -0.25) is 0 Å². The van der Waals surface area contributed by atoms with Gasteiger partial charge in [0.1, 0.15) is 22.2 Å². The summed E-state index contributed by atoms with van der Waals surface area (Å²) >= 11 is 0. The number of carbonyl (C=O) groups is 5. The van der Waals surface area contributed by atoms with Crippen LogP contribution in [0.3, 0.4) is 0 Å². The second-order valence-corrected chi connectivity index (χ2v) is 13.4. The fraction of sp³-hybridized carbons (Fsp3) is 0.378. The lowest BCUT2D eigenvalue weighted by atomic mass is 9.93. The molecule has 2 aliphatic heterocycles. The molecule has 0 amide bonds. The molecule has 13 nitrogen and oxygen atoms in total. The van der Waals surface area contributed by atoms with Gasteiger partial charge in [0, 0.05) is 21.6 Å². The summed E-state index contributed by atoms with van der Waals surface area (Å²) in [6.07, 6.45) is -2.20. The Balaban J connectivity index is 1.74. The molecule has 2 heterocycles. The molecule has 50 heavy (non-hydrogen) atoms. The van der Waals surface area contributed by atoms with E-state index in [1.165, 1.54) is 25.1 Å². The first kappa shape index (κ1) is 35.7. The average molecular weight is 687 g/mol. The van der Waals surface area contributed by atoms with Crippen molar-refractivity contribution in [2.45, 2.75) is 79.6 Å². The molecule has 2 aliphatic rings. The Bertz CT molecular complexity index is 2180. The van der Waals surface area contributed by atoms with Crippen LogP contribution in [0.4, 0.5) is 16.2 Å². The molecule has 0 saturated heterocycles. The van der Waals surface area contributed by atoms with Crippen LogP contribution in [-0.4, -0.2) is 60.6 Å². The molecule has 262 valence electrons. The van der Waals surface area contributed by atoms with Crippen LogP contribution in [0, 0.1) is 10.4 Å². The van der Waals surface area contributed by atoms with Gasteiger partial charge in [0.25, 0.3) is 0 Å². The highest BCUT2D eigenvalue weighted by molar-refractivity contribution is 6.11. The number of esters is 4. The van der Waals surface area contributed by atoms with Crippen molar-refractivity contribution >= 4 is 41.4 Å². The van der Waals surface area contributed by atoms with Crippen molar-refractivity contribution in [2.75, 3.05) is 13.2 Å². The third kappa shape index (κ3) is 7.21. The van der Waals surface area contributed by atoms with Crippen molar-refractivity contribution in [3.63, 3.8) is 0 Å². The lowest BCUT2D eigenvalue weighted by Crippen LogP contribution is -2.33. The van der Waals surface area contributed by atoms with Crippen molar-refractivity contribution in [3.05, 3.63) is 74.2 Å². The molecule has 0 aromatic heterocycles. The molecule has 0 saturated carbocycles. The molecular formula is C37H38N2O11. The van der Waals surface area contributed by atoms with E-state index >= 15 is 0 Å². The maximum atomic E-state index is 13.8. The van der Waals surface area contributed by atoms with Gasteiger partial charge in [0.15, 0.2) is 11.9 Å². The highest BCUT2D eigenvalue weighted by Gasteiger charge is 2.34. The fourth-order valence-corrected chi connectivity index (χ4v) is 5.34. The summed E-state index contributed by atoms with van der Waals surface area (Å²) in [4.78, 5) is 74.7. The zero-order valence-corrected chi connectivity index (χ0v) is 29.3. The second kappa shape index (κ2) is 13.4. The van der Waals surface area contributed by atoms with Crippen molar-refractivity contribution in [2.24, 2.45) is 9.98 Å². The van der Waals surface area contributed by atoms with Crippen LogP contribution in [0.2, 0.25) is 0 Å². The van der Waals surface area contributed by atoms with Gasteiger partial charge in [-0.25, -0.2) is 34.0 Å². The summed E-state index contributed by atoms with van der Waals surface area (Å²) in [7, 11) is 0. The topological polar surface area (TPSA) is 165 Å². The smallest absolute Gasteiger partial charge is 0.462 e. The molecule has 1 atom stereocenters. The van der Waals surface area contributed by atoms with Crippen LogP contribution in [0.15, 0.2) is 46.4 Å². The third-order valence-corrected chi connectivity index (χ3v) is 7.24. The van der Waals surface area contributed by atoms with Gasteiger partial charge < -0.3 is 28.4 Å². The lowest BCUT2D eigenvalue weighted by molar-refractivity contribution is -0.164. The van der Waals surface area contributed by atoms with Gasteiger partial charge in [-0.05, 0) is 98.7 Å². The third-order valence-electron chi connectivity index (χ3n) is 7.24. The molecular weight excluding hydrogens is 648 g/mol. The highest BCUT2D eigenvalue weighted by atomic mass is 16.7. The molecule has 5 rings (SSSR count). The number of ether oxygens (including phenoxy) is 6. The van der Waals surface area contributed by atoms with Gasteiger partial charge in [-0.15, -0.1) is 0 Å². The number of nitrogens with zero attached hydrogens (tertiary/aromatic N) is 2. The number of rotatable bonds is 8. The first-order chi connectivity index (χ1) is 23.4. The Morgan fingerprint density at radius 3 is 2.08 bits per heavy atom. The molecule has 0 fully saturated rings. The molecule has 1 unspecified atom stereocenters. The number of hydrogen-bond donors (Lipinski definition) is 0. The minimum Gasteiger partial charge on any atom is -0.462 e. The van der Waals surface area contributed by atoms with Crippen LogP contribution in [0.5, 0.6) is 5.75 Å². The van der Waals surface area contributed by atoms with Gasteiger partial charge in [0.2, 0.25) is 0 Å². The Morgan fingerprint density at radius 2 is 1.44 bits per heavy atom. The molecule has 0 aliphatic carbocycles. The van der Waals surface area contributed by atoms with Crippen LogP contribution in [0.25, 0.3) is 11.1 Å². The van der Waals surface area contributed by atoms with Gasteiger partial charge in [0.05, 0.1) is 40.9 Å². The summed E-state index contributed by atoms with van der Waals surface area (Å²) in [5.74, 6) is -3.07. The van der Waals surface area contributed by atoms with E-state index in [0.717, 1.165) is 0 Å². The van der Waals surface area contributed by atoms with Gasteiger partial charge >= 0.3 is 30.0 Å². The molecule has 0 radical (unpaired) electrons.